The summed E-state index contributed by atoms with van der Waals surface area (Å²) in [6.45, 7) is 0. The summed E-state index contributed by atoms with van der Waals surface area (Å²) in [5, 5.41) is -1.06. The van der Waals surface area contributed by atoms with Crippen LogP contribution in [0, 0.1) is 5.82 Å². The summed E-state index contributed by atoms with van der Waals surface area (Å²) in [6, 6.07) is 7.94. The summed E-state index contributed by atoms with van der Waals surface area (Å²) >= 11 is 5.29. The molecule has 2 rings (SSSR count). The Labute approximate surface area is 116 Å². The molecule has 0 aliphatic heterocycles. The molecule has 2 aromatic rings. The molecule has 0 heterocycles. The van der Waals surface area contributed by atoms with Crippen molar-refractivity contribution < 1.29 is 22.4 Å². The molecule has 0 saturated heterocycles. The molecule has 0 radical (unpaired) electrons. The Morgan fingerprint density at radius 2 is 1.70 bits per heavy atom. The van der Waals surface area contributed by atoms with Crippen molar-refractivity contribution in [2.75, 3.05) is 0 Å². The second kappa shape index (κ2) is 5.25. The summed E-state index contributed by atoms with van der Waals surface area (Å²) in [4.78, 5) is 11.2. The van der Waals surface area contributed by atoms with Crippen molar-refractivity contribution in [1.82, 2.24) is 0 Å². The van der Waals surface area contributed by atoms with Crippen LogP contribution in [0.3, 0.4) is 0 Å². The molecule has 0 aromatic heterocycles. The van der Waals surface area contributed by atoms with Gasteiger partial charge in [-0.2, -0.15) is 13.2 Å². The number of benzene rings is 2. The number of hydrogen-bond acceptors (Lipinski definition) is 1. The van der Waals surface area contributed by atoms with E-state index < -0.39 is 28.4 Å². The highest BCUT2D eigenvalue weighted by Gasteiger charge is 2.30. The number of hydrogen-bond donors (Lipinski definition) is 0. The van der Waals surface area contributed by atoms with Crippen molar-refractivity contribution >= 4 is 16.8 Å². The molecule has 0 saturated carbocycles. The first-order valence-electron chi connectivity index (χ1n) is 5.46. The van der Waals surface area contributed by atoms with Gasteiger partial charge in [-0.05, 0) is 40.9 Å². The summed E-state index contributed by atoms with van der Waals surface area (Å²) in [7, 11) is 0. The van der Waals surface area contributed by atoms with Gasteiger partial charge in [0.15, 0.2) is 0 Å². The lowest BCUT2D eigenvalue weighted by Gasteiger charge is -2.11. The monoisotopic (exact) mass is 302 g/mol. The Morgan fingerprint density at radius 3 is 2.30 bits per heavy atom. The molecular weight excluding hydrogens is 296 g/mol. The van der Waals surface area contributed by atoms with Crippen LogP contribution in [0.15, 0.2) is 42.5 Å². The lowest BCUT2D eigenvalue weighted by atomic mass is 9.98. The molecule has 2 aromatic carbocycles. The molecular formula is C14H7ClF4O. The van der Waals surface area contributed by atoms with E-state index in [4.69, 9.17) is 11.6 Å². The topological polar surface area (TPSA) is 17.1 Å². The normalized spacial score (nSPS) is 11.4. The molecule has 1 nitrogen and oxygen atoms in total. The van der Waals surface area contributed by atoms with Crippen LogP contribution in [-0.4, -0.2) is 5.24 Å². The first-order chi connectivity index (χ1) is 9.30. The van der Waals surface area contributed by atoms with Gasteiger partial charge < -0.3 is 0 Å². The van der Waals surface area contributed by atoms with Gasteiger partial charge in [-0.15, -0.1) is 0 Å². The van der Waals surface area contributed by atoms with Gasteiger partial charge in [0, 0.05) is 0 Å². The molecule has 0 spiro atoms. The maximum absolute atomic E-state index is 13.6. The predicted molar refractivity (Wildman–Crippen MR) is 67.0 cm³/mol. The average molecular weight is 303 g/mol. The van der Waals surface area contributed by atoms with Gasteiger partial charge in [0.25, 0.3) is 5.24 Å². The van der Waals surface area contributed by atoms with Crippen LogP contribution in [0.25, 0.3) is 11.1 Å². The van der Waals surface area contributed by atoms with Crippen LogP contribution in [-0.2, 0) is 6.18 Å². The van der Waals surface area contributed by atoms with Gasteiger partial charge in [-0.1, -0.05) is 24.3 Å². The Kier molecular flexibility index (Phi) is 3.81. The lowest BCUT2D eigenvalue weighted by molar-refractivity contribution is -0.137. The van der Waals surface area contributed by atoms with Crippen LogP contribution in [0.2, 0.25) is 0 Å². The Hall–Kier alpha value is -1.88. The summed E-state index contributed by atoms with van der Waals surface area (Å²) in [6.07, 6.45) is -4.52. The van der Waals surface area contributed by atoms with E-state index in [1.54, 1.807) is 0 Å². The predicted octanol–water partition coefficient (Wildman–Crippen LogP) is 4.89. The second-order valence-corrected chi connectivity index (χ2v) is 4.36. The fraction of sp³-hybridized carbons (Fsp3) is 0.0714. The Bertz CT molecular complexity index is 664. The van der Waals surface area contributed by atoms with E-state index in [1.165, 1.54) is 24.3 Å². The maximum Gasteiger partial charge on any atom is 0.416 e. The van der Waals surface area contributed by atoms with Crippen LogP contribution in [0.1, 0.15) is 15.9 Å². The molecule has 0 aliphatic rings. The first kappa shape index (κ1) is 14.5. The zero-order valence-electron chi connectivity index (χ0n) is 9.84. The van der Waals surface area contributed by atoms with Crippen molar-refractivity contribution in [1.29, 1.82) is 0 Å². The number of rotatable bonds is 2. The smallest absolute Gasteiger partial charge is 0.275 e. The van der Waals surface area contributed by atoms with Gasteiger partial charge in [0.1, 0.15) is 5.82 Å². The molecule has 0 atom stereocenters. The Balaban J connectivity index is 2.64. The lowest BCUT2D eigenvalue weighted by Crippen LogP contribution is -2.05. The number of alkyl halides is 3. The minimum atomic E-state index is -4.52. The average Bonchev–Trinajstić information content (AvgIpc) is 2.37. The summed E-state index contributed by atoms with van der Waals surface area (Å²) in [5.41, 5.74) is -1.22. The fourth-order valence-electron chi connectivity index (χ4n) is 1.83. The molecule has 0 fully saturated rings. The maximum atomic E-state index is 13.6. The molecule has 104 valence electrons. The van der Waals surface area contributed by atoms with Gasteiger partial charge in [-0.3, -0.25) is 4.79 Å². The van der Waals surface area contributed by atoms with Crippen molar-refractivity contribution in [3.05, 3.63) is 59.4 Å². The zero-order valence-corrected chi connectivity index (χ0v) is 10.6. The van der Waals surface area contributed by atoms with Crippen LogP contribution >= 0.6 is 11.6 Å². The zero-order chi connectivity index (χ0) is 14.9. The van der Waals surface area contributed by atoms with E-state index in [9.17, 15) is 22.4 Å². The molecule has 0 unspecified atom stereocenters. The minimum Gasteiger partial charge on any atom is -0.275 e. The molecule has 0 aliphatic carbocycles. The third kappa shape index (κ3) is 2.82. The van der Waals surface area contributed by atoms with Crippen LogP contribution in [0.5, 0.6) is 0 Å². The van der Waals surface area contributed by atoms with Gasteiger partial charge in [0.2, 0.25) is 0 Å². The van der Waals surface area contributed by atoms with E-state index in [-0.39, 0.29) is 11.1 Å². The van der Waals surface area contributed by atoms with Crippen molar-refractivity contribution in [2.45, 2.75) is 6.18 Å². The molecule has 6 heteroatoms. The number of halogens is 5. The molecule has 0 amide bonds. The van der Waals surface area contributed by atoms with Gasteiger partial charge in [0.05, 0.1) is 11.1 Å². The number of carbonyl (C=O) groups is 1. The highest BCUT2D eigenvalue weighted by Crippen LogP contribution is 2.34. The third-order valence-corrected chi connectivity index (χ3v) is 2.90. The summed E-state index contributed by atoms with van der Waals surface area (Å²) in [5.74, 6) is -0.875. The van der Waals surface area contributed by atoms with Crippen molar-refractivity contribution in [2.24, 2.45) is 0 Å². The van der Waals surface area contributed by atoms with E-state index >= 15 is 0 Å². The van der Waals surface area contributed by atoms with E-state index in [2.05, 4.69) is 0 Å². The molecule has 0 bridgehead atoms. The van der Waals surface area contributed by atoms with Crippen LogP contribution < -0.4 is 0 Å². The van der Waals surface area contributed by atoms with E-state index in [0.717, 1.165) is 18.2 Å². The van der Waals surface area contributed by atoms with Gasteiger partial charge >= 0.3 is 6.18 Å². The fourth-order valence-corrected chi connectivity index (χ4v) is 2.02. The summed E-state index contributed by atoms with van der Waals surface area (Å²) < 4.78 is 51.6. The Morgan fingerprint density at radius 1 is 1.05 bits per heavy atom. The van der Waals surface area contributed by atoms with Crippen molar-refractivity contribution in [3.8, 4) is 11.1 Å². The van der Waals surface area contributed by atoms with Crippen LogP contribution in [0.4, 0.5) is 17.6 Å². The second-order valence-electron chi connectivity index (χ2n) is 4.01. The highest BCUT2D eigenvalue weighted by atomic mass is 35.5. The quantitative estimate of drug-likeness (QED) is 0.570. The standard InChI is InChI=1S/C14H7ClF4O/c15-13(20)12-10(5-2-6-11(12)16)8-3-1-4-9(7-8)14(17,18)19/h1-7H. The van der Waals surface area contributed by atoms with E-state index in [0.29, 0.717) is 0 Å². The highest BCUT2D eigenvalue weighted by molar-refractivity contribution is 6.68. The largest absolute Gasteiger partial charge is 0.416 e. The minimum absolute atomic E-state index is 0.0242. The molecule has 20 heavy (non-hydrogen) atoms. The number of carbonyl (C=O) groups excluding carboxylic acids is 1. The molecule has 0 N–H and O–H groups in total. The van der Waals surface area contributed by atoms with Gasteiger partial charge in [-0.25, -0.2) is 4.39 Å². The first-order valence-corrected chi connectivity index (χ1v) is 5.84. The SMILES string of the molecule is O=C(Cl)c1c(F)cccc1-c1cccc(C(F)(F)F)c1. The third-order valence-electron chi connectivity index (χ3n) is 2.71. The van der Waals surface area contributed by atoms with Crippen molar-refractivity contribution in [3.63, 3.8) is 0 Å². The van der Waals surface area contributed by atoms with E-state index in [1.807, 2.05) is 0 Å².